The van der Waals surface area contributed by atoms with Crippen LogP contribution in [-0.2, 0) is 0 Å². The van der Waals surface area contributed by atoms with Crippen LogP contribution in [-0.4, -0.2) is 29.7 Å². The molecule has 1 unspecified atom stereocenters. The summed E-state index contributed by atoms with van der Waals surface area (Å²) in [6, 6.07) is 9.87. The van der Waals surface area contributed by atoms with E-state index >= 15 is 0 Å². The van der Waals surface area contributed by atoms with Crippen LogP contribution >= 0.6 is 0 Å². The van der Waals surface area contributed by atoms with Crippen molar-refractivity contribution in [1.82, 2.24) is 9.97 Å². The van der Waals surface area contributed by atoms with Crippen molar-refractivity contribution in [1.29, 1.82) is 5.26 Å². The first-order valence-corrected chi connectivity index (χ1v) is 6.99. The van der Waals surface area contributed by atoms with Crippen LogP contribution in [0.3, 0.4) is 0 Å². The summed E-state index contributed by atoms with van der Waals surface area (Å²) in [6.45, 7) is 2.64. The normalized spacial score (nSPS) is 17.5. The Bertz CT molecular complexity index is 621. The second-order valence-corrected chi connectivity index (χ2v) is 5.11. The maximum Gasteiger partial charge on any atom is 0.232 e. The van der Waals surface area contributed by atoms with Gasteiger partial charge < -0.3 is 9.64 Å². The molecule has 0 aliphatic carbocycles. The molecule has 1 fully saturated rings. The molecule has 0 spiro atoms. The van der Waals surface area contributed by atoms with Crippen LogP contribution in [0.4, 0.5) is 5.69 Å². The van der Waals surface area contributed by atoms with Crippen molar-refractivity contribution in [2.24, 2.45) is 5.92 Å². The van der Waals surface area contributed by atoms with Gasteiger partial charge in [-0.3, -0.25) is 4.98 Å². The molecule has 0 radical (unpaired) electrons. The van der Waals surface area contributed by atoms with E-state index in [2.05, 4.69) is 20.9 Å². The van der Waals surface area contributed by atoms with Gasteiger partial charge in [-0.05, 0) is 30.7 Å². The lowest BCUT2D eigenvalue weighted by molar-refractivity contribution is 0.251. The summed E-state index contributed by atoms with van der Waals surface area (Å²) in [6.07, 6.45) is 6.00. The first-order chi connectivity index (χ1) is 10.3. The molecular weight excluding hydrogens is 264 g/mol. The third-order valence-electron chi connectivity index (χ3n) is 3.65. The second kappa shape index (κ2) is 6.23. The van der Waals surface area contributed by atoms with Crippen molar-refractivity contribution in [2.45, 2.75) is 6.42 Å². The van der Waals surface area contributed by atoms with E-state index in [9.17, 15) is 0 Å². The van der Waals surface area contributed by atoms with E-state index in [1.54, 1.807) is 18.6 Å². The van der Waals surface area contributed by atoms with Crippen molar-refractivity contribution >= 4 is 5.69 Å². The maximum absolute atomic E-state index is 8.82. The Morgan fingerprint density at radius 3 is 2.86 bits per heavy atom. The minimum Gasteiger partial charge on any atom is -0.476 e. The number of aromatic nitrogens is 2. The Morgan fingerprint density at radius 2 is 2.14 bits per heavy atom. The van der Waals surface area contributed by atoms with Crippen LogP contribution in [0, 0.1) is 17.2 Å². The molecule has 0 bridgehead atoms. The number of ether oxygens (including phenoxy) is 1. The van der Waals surface area contributed by atoms with Crippen molar-refractivity contribution < 1.29 is 4.74 Å². The van der Waals surface area contributed by atoms with Crippen molar-refractivity contribution in [2.75, 3.05) is 24.6 Å². The molecule has 2 heterocycles. The average Bonchev–Trinajstić information content (AvgIpc) is 3.03. The lowest BCUT2D eigenvalue weighted by Crippen LogP contribution is -2.21. The van der Waals surface area contributed by atoms with E-state index < -0.39 is 0 Å². The zero-order valence-corrected chi connectivity index (χ0v) is 11.6. The maximum atomic E-state index is 8.82. The van der Waals surface area contributed by atoms with Gasteiger partial charge in [0.1, 0.15) is 0 Å². The third kappa shape index (κ3) is 3.29. The molecule has 5 nitrogen and oxygen atoms in total. The van der Waals surface area contributed by atoms with Gasteiger partial charge in [0, 0.05) is 37.1 Å². The Kier molecular flexibility index (Phi) is 3.97. The van der Waals surface area contributed by atoms with Gasteiger partial charge in [-0.25, -0.2) is 4.98 Å². The first-order valence-electron chi connectivity index (χ1n) is 6.99. The topological polar surface area (TPSA) is 62.0 Å². The van der Waals surface area contributed by atoms with Crippen molar-refractivity contribution in [3.63, 3.8) is 0 Å². The van der Waals surface area contributed by atoms with E-state index in [4.69, 9.17) is 10.00 Å². The minimum absolute atomic E-state index is 0.489. The van der Waals surface area contributed by atoms with Gasteiger partial charge in [0.15, 0.2) is 0 Å². The van der Waals surface area contributed by atoms with Gasteiger partial charge in [0.2, 0.25) is 5.88 Å². The lowest BCUT2D eigenvalue weighted by Gasteiger charge is -2.18. The van der Waals surface area contributed by atoms with Crippen molar-refractivity contribution in [3.8, 4) is 11.9 Å². The fraction of sp³-hybridized carbons (Fsp3) is 0.312. The highest BCUT2D eigenvalue weighted by molar-refractivity contribution is 5.50. The van der Waals surface area contributed by atoms with E-state index in [0.29, 0.717) is 24.0 Å². The van der Waals surface area contributed by atoms with Crippen LogP contribution in [0.25, 0.3) is 0 Å². The summed E-state index contributed by atoms with van der Waals surface area (Å²) >= 11 is 0. The number of nitrogens with zero attached hydrogens (tertiary/aromatic N) is 4. The quantitative estimate of drug-likeness (QED) is 0.859. The molecule has 0 saturated carbocycles. The Hall–Kier alpha value is -2.61. The Morgan fingerprint density at radius 1 is 1.29 bits per heavy atom. The summed E-state index contributed by atoms with van der Waals surface area (Å²) < 4.78 is 5.67. The number of nitriles is 1. The molecular formula is C16H16N4O. The zero-order chi connectivity index (χ0) is 14.5. The SMILES string of the molecule is N#Cc1ccc(N2CCC(COc3cnccn3)C2)cc1. The van der Waals surface area contributed by atoms with Crippen molar-refractivity contribution in [3.05, 3.63) is 48.4 Å². The molecule has 3 rings (SSSR count). The van der Waals surface area contributed by atoms with Crippen LogP contribution < -0.4 is 9.64 Å². The molecule has 5 heteroatoms. The summed E-state index contributed by atoms with van der Waals surface area (Å²) in [7, 11) is 0. The largest absolute Gasteiger partial charge is 0.476 e. The molecule has 106 valence electrons. The Labute approximate surface area is 123 Å². The molecule has 0 amide bonds. The van der Waals surface area contributed by atoms with Gasteiger partial charge in [0.05, 0.1) is 24.4 Å². The monoisotopic (exact) mass is 280 g/mol. The van der Waals surface area contributed by atoms with Gasteiger partial charge in [-0.2, -0.15) is 5.26 Å². The molecule has 1 aliphatic heterocycles. The fourth-order valence-electron chi connectivity index (χ4n) is 2.51. The molecule has 21 heavy (non-hydrogen) atoms. The van der Waals surface area contributed by atoms with Gasteiger partial charge in [-0.1, -0.05) is 0 Å². The Balaban J connectivity index is 1.54. The zero-order valence-electron chi connectivity index (χ0n) is 11.6. The van der Waals surface area contributed by atoms with E-state index in [0.717, 1.165) is 25.2 Å². The number of rotatable bonds is 4. The highest BCUT2D eigenvalue weighted by Gasteiger charge is 2.23. The first kappa shape index (κ1) is 13.4. The number of anilines is 1. The van der Waals surface area contributed by atoms with Gasteiger partial charge in [0.25, 0.3) is 0 Å². The summed E-state index contributed by atoms with van der Waals surface area (Å²) in [4.78, 5) is 10.4. The predicted octanol–water partition coefficient (Wildman–Crippen LogP) is 2.25. The van der Waals surface area contributed by atoms with Crippen LogP contribution in [0.15, 0.2) is 42.9 Å². The highest BCUT2D eigenvalue weighted by atomic mass is 16.5. The smallest absolute Gasteiger partial charge is 0.232 e. The average molecular weight is 280 g/mol. The molecule has 1 aliphatic rings. The highest BCUT2D eigenvalue weighted by Crippen LogP contribution is 2.24. The number of hydrogen-bond acceptors (Lipinski definition) is 5. The van der Waals surface area contributed by atoms with Crippen LogP contribution in [0.1, 0.15) is 12.0 Å². The second-order valence-electron chi connectivity index (χ2n) is 5.11. The minimum atomic E-state index is 0.489. The number of hydrogen-bond donors (Lipinski definition) is 0. The van der Waals surface area contributed by atoms with E-state index in [1.807, 2.05) is 24.3 Å². The molecule has 1 atom stereocenters. The molecule has 2 aromatic rings. The molecule has 1 saturated heterocycles. The van der Waals surface area contributed by atoms with Crippen LogP contribution in [0.2, 0.25) is 0 Å². The van der Waals surface area contributed by atoms with Gasteiger partial charge >= 0.3 is 0 Å². The summed E-state index contributed by atoms with van der Waals surface area (Å²) in [5, 5.41) is 8.82. The fourth-order valence-corrected chi connectivity index (χ4v) is 2.51. The van der Waals surface area contributed by atoms with E-state index in [-0.39, 0.29) is 0 Å². The summed E-state index contributed by atoms with van der Waals surface area (Å²) in [5.41, 5.74) is 1.86. The molecule has 1 aromatic heterocycles. The molecule has 0 N–H and O–H groups in total. The van der Waals surface area contributed by atoms with Gasteiger partial charge in [-0.15, -0.1) is 0 Å². The predicted molar refractivity (Wildman–Crippen MR) is 79.0 cm³/mol. The standard InChI is InChI=1S/C16H16N4O/c17-9-13-1-3-15(4-2-13)20-8-5-14(11-20)12-21-16-10-18-6-7-19-16/h1-4,6-7,10,14H,5,8,11-12H2. The van der Waals surface area contributed by atoms with E-state index in [1.165, 1.54) is 0 Å². The number of benzene rings is 1. The summed E-state index contributed by atoms with van der Waals surface area (Å²) in [5.74, 6) is 1.07. The third-order valence-corrected chi connectivity index (χ3v) is 3.65. The lowest BCUT2D eigenvalue weighted by atomic mass is 10.1. The van der Waals surface area contributed by atoms with Crippen LogP contribution in [0.5, 0.6) is 5.88 Å². The molecule has 1 aromatic carbocycles.